The molecule has 10 heteroatoms. The number of aryl methyl sites for hydroxylation is 1. The maximum absolute atomic E-state index is 13.5. The molecule has 0 amide bonds. The number of rotatable bonds is 5. The molecule has 1 aliphatic rings. The van der Waals surface area contributed by atoms with Crippen LogP contribution in [0.5, 0.6) is 0 Å². The first kappa shape index (κ1) is 20.1. The molecule has 2 aromatic heterocycles. The quantitative estimate of drug-likeness (QED) is 0.551. The first-order chi connectivity index (χ1) is 14.4. The van der Waals surface area contributed by atoms with Crippen LogP contribution < -0.4 is 10.6 Å². The minimum Gasteiger partial charge on any atom is -0.381 e. The van der Waals surface area contributed by atoms with Crippen LogP contribution in [0.3, 0.4) is 0 Å². The number of anilines is 3. The molecule has 7 nitrogen and oxygen atoms in total. The third-order valence-electron chi connectivity index (χ3n) is 4.73. The minimum absolute atomic E-state index is 0. The van der Waals surface area contributed by atoms with Gasteiger partial charge in [0.15, 0.2) is 11.6 Å². The Hall–Kier alpha value is -3.14. The van der Waals surface area contributed by atoms with Crippen LogP contribution in [0.25, 0.3) is 11.4 Å². The molecule has 4 rings (SSSR count). The van der Waals surface area contributed by atoms with E-state index < -0.39 is 11.7 Å². The molecular weight excluding hydrogens is 397 g/mol. The van der Waals surface area contributed by atoms with Gasteiger partial charge in [0.2, 0.25) is 0 Å². The molecule has 3 heterocycles. The van der Waals surface area contributed by atoms with Gasteiger partial charge in [-0.25, -0.2) is 9.97 Å². The van der Waals surface area contributed by atoms with Crippen molar-refractivity contribution in [3.8, 4) is 11.4 Å². The van der Waals surface area contributed by atoms with Gasteiger partial charge in [0, 0.05) is 44.1 Å². The van der Waals surface area contributed by atoms with Gasteiger partial charge in [-0.2, -0.15) is 18.3 Å². The van der Waals surface area contributed by atoms with Crippen molar-refractivity contribution >= 4 is 17.5 Å². The fraction of sp³-hybridized carbons (Fsp3) is 0.350. The van der Waals surface area contributed by atoms with Crippen LogP contribution in [0.4, 0.5) is 30.6 Å². The van der Waals surface area contributed by atoms with E-state index in [4.69, 9.17) is 4.74 Å². The summed E-state index contributed by atoms with van der Waals surface area (Å²) in [5.41, 5.74) is -0.0218. The van der Waals surface area contributed by atoms with Crippen molar-refractivity contribution in [2.75, 3.05) is 23.8 Å². The molecule has 1 aliphatic heterocycles. The van der Waals surface area contributed by atoms with Crippen LogP contribution in [0.2, 0.25) is 0 Å². The molecule has 0 spiro atoms. The van der Waals surface area contributed by atoms with Crippen molar-refractivity contribution < 1.29 is 19.3 Å². The summed E-state index contributed by atoms with van der Waals surface area (Å²) >= 11 is 0. The molecule has 1 fully saturated rings. The maximum Gasteiger partial charge on any atom is 0.417 e. The fourth-order valence-corrected chi connectivity index (χ4v) is 3.30. The summed E-state index contributed by atoms with van der Waals surface area (Å²) in [4.78, 5) is 8.72. The van der Waals surface area contributed by atoms with Crippen molar-refractivity contribution in [1.29, 1.82) is 0 Å². The van der Waals surface area contributed by atoms with Crippen molar-refractivity contribution in [1.82, 2.24) is 20.2 Å². The summed E-state index contributed by atoms with van der Waals surface area (Å²) in [6.07, 6.45) is -2.93. The maximum atomic E-state index is 13.5. The Bertz CT molecular complexity index is 1020. The first-order valence-electron chi connectivity index (χ1n) is 9.57. The van der Waals surface area contributed by atoms with E-state index in [0.29, 0.717) is 30.7 Å². The number of alkyl halides is 3. The predicted molar refractivity (Wildman–Crippen MR) is 109 cm³/mol. The standard InChI is InChI=1S/C20H21F3N6O.H2/c1-12-10-18(29-28-12)25-17-11-16(24-13-6-8-30-9-7-13)26-19(27-17)14-4-2-3-5-15(14)20(21,22)23;/h2-5,10-11,13H,6-9H2,1H3,(H3,24,25,26,27,28,29);1H. The van der Waals surface area contributed by atoms with Gasteiger partial charge in [0.25, 0.3) is 0 Å². The zero-order valence-corrected chi connectivity index (χ0v) is 16.3. The lowest BCUT2D eigenvalue weighted by Gasteiger charge is -2.24. The predicted octanol–water partition coefficient (Wildman–Crippen LogP) is 4.77. The molecule has 3 N–H and O–H groups in total. The number of nitrogens with zero attached hydrogens (tertiary/aromatic N) is 3. The molecule has 0 radical (unpaired) electrons. The molecule has 0 aliphatic carbocycles. The Balaban J connectivity index is 0.00000272. The van der Waals surface area contributed by atoms with Crippen LogP contribution in [0, 0.1) is 6.92 Å². The largest absolute Gasteiger partial charge is 0.417 e. The Kier molecular flexibility index (Phi) is 5.58. The number of aromatic amines is 1. The molecule has 0 atom stereocenters. The van der Waals surface area contributed by atoms with E-state index in [1.54, 1.807) is 12.1 Å². The summed E-state index contributed by atoms with van der Waals surface area (Å²) in [6, 6.07) is 8.86. The Morgan fingerprint density at radius 3 is 2.50 bits per heavy atom. The number of ether oxygens (including phenoxy) is 1. The number of hydrogen-bond acceptors (Lipinski definition) is 6. The van der Waals surface area contributed by atoms with Gasteiger partial charge in [-0.15, -0.1) is 0 Å². The summed E-state index contributed by atoms with van der Waals surface area (Å²) in [6.45, 7) is 3.11. The van der Waals surface area contributed by atoms with E-state index in [9.17, 15) is 13.2 Å². The average Bonchev–Trinajstić information content (AvgIpc) is 3.12. The molecule has 1 aromatic carbocycles. The lowest BCUT2D eigenvalue weighted by Crippen LogP contribution is -2.28. The molecule has 30 heavy (non-hydrogen) atoms. The molecule has 1 saturated heterocycles. The van der Waals surface area contributed by atoms with Crippen LogP contribution in [0.15, 0.2) is 36.4 Å². The Morgan fingerprint density at radius 2 is 1.80 bits per heavy atom. The van der Waals surface area contributed by atoms with Gasteiger partial charge in [-0.05, 0) is 25.8 Å². The first-order valence-corrected chi connectivity index (χ1v) is 9.57. The fourth-order valence-electron chi connectivity index (χ4n) is 3.30. The topological polar surface area (TPSA) is 87.8 Å². The zero-order valence-electron chi connectivity index (χ0n) is 16.3. The highest BCUT2D eigenvalue weighted by Gasteiger charge is 2.34. The van der Waals surface area contributed by atoms with Gasteiger partial charge < -0.3 is 15.4 Å². The number of benzene rings is 1. The number of hydrogen-bond donors (Lipinski definition) is 3. The summed E-state index contributed by atoms with van der Waals surface area (Å²) < 4.78 is 46.0. The van der Waals surface area contributed by atoms with E-state index in [2.05, 4.69) is 30.8 Å². The van der Waals surface area contributed by atoms with Gasteiger partial charge in [0.1, 0.15) is 11.6 Å². The van der Waals surface area contributed by atoms with Gasteiger partial charge >= 0.3 is 6.18 Å². The van der Waals surface area contributed by atoms with E-state index in [-0.39, 0.29) is 18.9 Å². The average molecular weight is 420 g/mol. The zero-order chi connectivity index (χ0) is 21.1. The van der Waals surface area contributed by atoms with Gasteiger partial charge in [-0.1, -0.05) is 18.2 Å². The number of halogens is 3. The Labute approximate surface area is 172 Å². The number of nitrogens with one attached hydrogen (secondary N) is 3. The summed E-state index contributed by atoms with van der Waals surface area (Å²) in [7, 11) is 0. The van der Waals surface area contributed by atoms with E-state index >= 15 is 0 Å². The van der Waals surface area contributed by atoms with Gasteiger partial charge in [-0.3, -0.25) is 5.10 Å². The molecule has 3 aromatic rings. The van der Waals surface area contributed by atoms with Crippen LogP contribution >= 0.6 is 0 Å². The van der Waals surface area contributed by atoms with Crippen LogP contribution in [0.1, 0.15) is 25.5 Å². The number of H-pyrrole nitrogens is 1. The summed E-state index contributed by atoms with van der Waals surface area (Å²) in [5, 5.41) is 13.2. The third-order valence-corrected chi connectivity index (χ3v) is 4.73. The third kappa shape index (κ3) is 4.70. The minimum atomic E-state index is -4.52. The molecular formula is C20H23F3N6O. The second kappa shape index (κ2) is 8.31. The highest BCUT2D eigenvalue weighted by atomic mass is 19.4. The van der Waals surface area contributed by atoms with Crippen molar-refractivity contribution in [3.05, 3.63) is 47.7 Å². The van der Waals surface area contributed by atoms with E-state index in [1.165, 1.54) is 18.2 Å². The normalized spacial score (nSPS) is 15.2. The SMILES string of the molecule is Cc1cc(Nc2cc(NC3CCOCC3)nc(-c3ccccc3C(F)(F)F)n2)n[nH]1.[HH]. The highest BCUT2D eigenvalue weighted by Crippen LogP contribution is 2.36. The molecule has 160 valence electrons. The van der Waals surface area contributed by atoms with Crippen molar-refractivity contribution in [2.24, 2.45) is 0 Å². The van der Waals surface area contributed by atoms with E-state index in [1.807, 2.05) is 6.92 Å². The van der Waals surface area contributed by atoms with Crippen molar-refractivity contribution in [2.45, 2.75) is 32.0 Å². The van der Waals surface area contributed by atoms with Crippen LogP contribution in [-0.4, -0.2) is 39.4 Å². The second-order valence-corrected chi connectivity index (χ2v) is 7.10. The van der Waals surface area contributed by atoms with E-state index in [0.717, 1.165) is 24.6 Å². The highest BCUT2D eigenvalue weighted by molar-refractivity contribution is 5.67. The summed E-state index contributed by atoms with van der Waals surface area (Å²) in [5.74, 6) is 1.28. The lowest BCUT2D eigenvalue weighted by atomic mass is 10.1. The second-order valence-electron chi connectivity index (χ2n) is 7.10. The molecule has 0 saturated carbocycles. The smallest absolute Gasteiger partial charge is 0.381 e. The van der Waals surface area contributed by atoms with Crippen LogP contribution in [-0.2, 0) is 10.9 Å². The lowest BCUT2D eigenvalue weighted by molar-refractivity contribution is -0.137. The Morgan fingerprint density at radius 1 is 1.07 bits per heavy atom. The molecule has 0 bridgehead atoms. The number of aromatic nitrogens is 4. The van der Waals surface area contributed by atoms with Crippen molar-refractivity contribution in [3.63, 3.8) is 0 Å². The monoisotopic (exact) mass is 420 g/mol. The van der Waals surface area contributed by atoms with Gasteiger partial charge in [0.05, 0.1) is 5.56 Å². The molecule has 0 unspecified atom stereocenters.